The third-order valence-electron chi connectivity index (χ3n) is 2.56. The highest BCUT2D eigenvalue weighted by atomic mass is 16.5. The van der Waals surface area contributed by atoms with Crippen molar-refractivity contribution in [1.29, 1.82) is 0 Å². The van der Waals surface area contributed by atoms with Gasteiger partial charge in [0.25, 0.3) is 5.91 Å². The highest BCUT2D eigenvalue weighted by molar-refractivity contribution is 5.96. The van der Waals surface area contributed by atoms with Gasteiger partial charge in [0.15, 0.2) is 0 Å². The van der Waals surface area contributed by atoms with Crippen molar-refractivity contribution in [2.24, 2.45) is 0 Å². The molecule has 2 aromatic rings. The lowest BCUT2D eigenvalue weighted by Crippen LogP contribution is -2.23. The summed E-state index contributed by atoms with van der Waals surface area (Å²) in [6.07, 6.45) is 0. The van der Waals surface area contributed by atoms with Gasteiger partial charge in [-0.25, -0.2) is 4.79 Å². The van der Waals surface area contributed by atoms with E-state index in [4.69, 9.17) is 14.0 Å². The number of carboxylic acids is 1. The molecule has 1 amide bonds. The minimum absolute atomic E-state index is 0.0934. The Labute approximate surface area is 108 Å². The van der Waals surface area contributed by atoms with E-state index in [1.165, 1.54) is 12.1 Å². The molecule has 0 saturated heterocycles. The average molecular weight is 264 g/mol. The maximum Gasteiger partial charge on any atom is 0.371 e. The summed E-state index contributed by atoms with van der Waals surface area (Å²) in [5, 5.41) is 15.0. The van der Waals surface area contributed by atoms with Gasteiger partial charge in [-0.2, -0.15) is 0 Å². The molecule has 2 aromatic heterocycles. The Kier molecular flexibility index (Phi) is 3.37. The van der Waals surface area contributed by atoms with Gasteiger partial charge in [0.05, 0.1) is 12.2 Å². The molecule has 7 heteroatoms. The second-order valence-corrected chi connectivity index (χ2v) is 3.95. The van der Waals surface area contributed by atoms with Crippen LogP contribution in [0.3, 0.4) is 0 Å². The molecule has 0 aliphatic rings. The summed E-state index contributed by atoms with van der Waals surface area (Å²) in [5.41, 5.74) is 0.880. The van der Waals surface area contributed by atoms with Crippen molar-refractivity contribution in [2.75, 3.05) is 0 Å². The third-order valence-corrected chi connectivity index (χ3v) is 2.56. The molecule has 0 aromatic carbocycles. The molecule has 0 bridgehead atoms. The molecule has 0 saturated carbocycles. The maximum atomic E-state index is 11.9. The van der Waals surface area contributed by atoms with Gasteiger partial charge in [-0.1, -0.05) is 5.16 Å². The predicted octanol–water partition coefficient (Wildman–Crippen LogP) is 1.51. The van der Waals surface area contributed by atoms with Crippen LogP contribution in [0.25, 0.3) is 0 Å². The molecular formula is C12H12N2O5. The number of nitrogens with one attached hydrogen (secondary N) is 1. The summed E-state index contributed by atoms with van der Waals surface area (Å²) < 4.78 is 9.91. The second-order valence-electron chi connectivity index (χ2n) is 3.95. The van der Waals surface area contributed by atoms with E-state index in [2.05, 4.69) is 10.5 Å². The lowest BCUT2D eigenvalue weighted by atomic mass is 10.2. The lowest BCUT2D eigenvalue weighted by Gasteiger charge is -2.02. The predicted molar refractivity (Wildman–Crippen MR) is 62.8 cm³/mol. The molecule has 2 rings (SSSR count). The van der Waals surface area contributed by atoms with E-state index < -0.39 is 5.97 Å². The Bertz CT molecular complexity index is 606. The van der Waals surface area contributed by atoms with Crippen LogP contribution in [0.4, 0.5) is 0 Å². The van der Waals surface area contributed by atoms with E-state index in [1.54, 1.807) is 13.8 Å². The first-order valence-corrected chi connectivity index (χ1v) is 5.52. The van der Waals surface area contributed by atoms with Gasteiger partial charge in [-0.05, 0) is 26.0 Å². The molecule has 0 aliphatic carbocycles. The lowest BCUT2D eigenvalue weighted by molar-refractivity contribution is 0.0660. The van der Waals surface area contributed by atoms with E-state index in [9.17, 15) is 9.59 Å². The number of nitrogens with zero attached hydrogens (tertiary/aromatic N) is 1. The number of hydrogen-bond acceptors (Lipinski definition) is 5. The average Bonchev–Trinajstić information content (AvgIpc) is 2.94. The van der Waals surface area contributed by atoms with Gasteiger partial charge in [-0.15, -0.1) is 0 Å². The van der Waals surface area contributed by atoms with Gasteiger partial charge in [0.1, 0.15) is 17.1 Å². The van der Waals surface area contributed by atoms with Crippen LogP contribution in [0.1, 0.15) is 38.1 Å². The second kappa shape index (κ2) is 4.97. The molecule has 0 unspecified atom stereocenters. The summed E-state index contributed by atoms with van der Waals surface area (Å²) in [7, 11) is 0. The largest absolute Gasteiger partial charge is 0.475 e. The van der Waals surface area contributed by atoms with Gasteiger partial charge in [-0.3, -0.25) is 4.79 Å². The number of aromatic nitrogens is 1. The molecule has 0 spiro atoms. The van der Waals surface area contributed by atoms with E-state index in [-0.39, 0.29) is 18.2 Å². The minimum atomic E-state index is -1.15. The number of carbonyl (C=O) groups is 2. The number of carbonyl (C=O) groups excluding carboxylic acids is 1. The van der Waals surface area contributed by atoms with E-state index in [0.717, 1.165) is 0 Å². The van der Waals surface area contributed by atoms with Crippen molar-refractivity contribution < 1.29 is 23.6 Å². The fraction of sp³-hybridized carbons (Fsp3) is 0.250. The van der Waals surface area contributed by atoms with Crippen molar-refractivity contribution >= 4 is 11.9 Å². The zero-order chi connectivity index (χ0) is 14.0. The number of hydrogen-bond donors (Lipinski definition) is 2. The molecule has 100 valence electrons. The number of aromatic carboxylic acids is 1. The van der Waals surface area contributed by atoms with E-state index in [0.29, 0.717) is 22.8 Å². The summed E-state index contributed by atoms with van der Waals surface area (Å²) in [4.78, 5) is 22.5. The van der Waals surface area contributed by atoms with Crippen molar-refractivity contribution in [3.63, 3.8) is 0 Å². The summed E-state index contributed by atoms with van der Waals surface area (Å²) >= 11 is 0. The smallest absolute Gasteiger partial charge is 0.371 e. The molecule has 0 radical (unpaired) electrons. The summed E-state index contributed by atoms with van der Waals surface area (Å²) in [6.45, 7) is 3.40. The standard InChI is InChI=1S/C12H12N2O5/c1-6-10(7(2)19-14-6)11(15)13-5-8-3-4-9(18-8)12(16)17/h3-4H,5H2,1-2H3,(H,13,15)(H,16,17). The van der Waals surface area contributed by atoms with Crippen molar-refractivity contribution in [1.82, 2.24) is 10.5 Å². The SMILES string of the molecule is Cc1noc(C)c1C(=O)NCc1ccc(C(=O)O)o1. The number of carboxylic acid groups (broad SMARTS) is 1. The quantitative estimate of drug-likeness (QED) is 0.867. The topological polar surface area (TPSA) is 106 Å². The Balaban J connectivity index is 2.02. The van der Waals surface area contributed by atoms with Crippen LogP contribution in [0.2, 0.25) is 0 Å². The zero-order valence-corrected chi connectivity index (χ0v) is 10.4. The first-order valence-electron chi connectivity index (χ1n) is 5.52. The fourth-order valence-corrected chi connectivity index (χ4v) is 1.65. The molecule has 0 fully saturated rings. The Morgan fingerprint density at radius 2 is 2.11 bits per heavy atom. The van der Waals surface area contributed by atoms with Crippen LogP contribution in [0.15, 0.2) is 21.1 Å². The van der Waals surface area contributed by atoms with Crippen LogP contribution >= 0.6 is 0 Å². The van der Waals surface area contributed by atoms with Crippen LogP contribution in [0.5, 0.6) is 0 Å². The minimum Gasteiger partial charge on any atom is -0.475 e. The number of aryl methyl sites for hydroxylation is 2. The molecule has 0 atom stereocenters. The van der Waals surface area contributed by atoms with Crippen LogP contribution in [0, 0.1) is 13.8 Å². The Morgan fingerprint density at radius 3 is 2.63 bits per heavy atom. The molecule has 7 nitrogen and oxygen atoms in total. The summed E-state index contributed by atoms with van der Waals surface area (Å²) in [5.74, 6) is -0.868. The highest BCUT2D eigenvalue weighted by Crippen LogP contribution is 2.12. The number of rotatable bonds is 4. The van der Waals surface area contributed by atoms with Crippen LogP contribution < -0.4 is 5.32 Å². The van der Waals surface area contributed by atoms with Crippen molar-refractivity contribution in [3.8, 4) is 0 Å². The van der Waals surface area contributed by atoms with E-state index >= 15 is 0 Å². The Hall–Kier alpha value is -2.57. The first kappa shape index (κ1) is 12.9. The van der Waals surface area contributed by atoms with Crippen molar-refractivity contribution in [2.45, 2.75) is 20.4 Å². The number of amides is 1. The first-order chi connectivity index (χ1) is 8.99. The summed E-state index contributed by atoms with van der Waals surface area (Å²) in [6, 6.07) is 2.83. The van der Waals surface area contributed by atoms with Crippen molar-refractivity contribution in [3.05, 3.63) is 40.7 Å². The number of furan rings is 1. The molecule has 19 heavy (non-hydrogen) atoms. The monoisotopic (exact) mass is 264 g/mol. The van der Waals surface area contributed by atoms with Gasteiger partial charge >= 0.3 is 5.97 Å². The molecule has 2 N–H and O–H groups in total. The van der Waals surface area contributed by atoms with Gasteiger partial charge in [0.2, 0.25) is 5.76 Å². The molecular weight excluding hydrogens is 252 g/mol. The maximum absolute atomic E-state index is 11.9. The normalized spacial score (nSPS) is 10.4. The van der Waals surface area contributed by atoms with Crippen LogP contribution in [-0.2, 0) is 6.54 Å². The third kappa shape index (κ3) is 2.65. The van der Waals surface area contributed by atoms with Gasteiger partial charge in [0, 0.05) is 0 Å². The van der Waals surface area contributed by atoms with Gasteiger partial charge < -0.3 is 19.4 Å². The molecule has 0 aliphatic heterocycles. The fourth-order valence-electron chi connectivity index (χ4n) is 1.65. The zero-order valence-electron chi connectivity index (χ0n) is 10.4. The van der Waals surface area contributed by atoms with E-state index in [1.807, 2.05) is 0 Å². The highest BCUT2D eigenvalue weighted by Gasteiger charge is 2.17. The molecule has 2 heterocycles. The Morgan fingerprint density at radius 1 is 1.37 bits per heavy atom. The van der Waals surface area contributed by atoms with Crippen LogP contribution in [-0.4, -0.2) is 22.1 Å².